The number of fused-ring (bicyclic) bond motifs is 6. The van der Waals surface area contributed by atoms with Crippen LogP contribution in [0.25, 0.3) is 31.4 Å². The number of benzene rings is 3. The van der Waals surface area contributed by atoms with Gasteiger partial charge in [0.05, 0.1) is 35.2 Å². The number of imide groups is 4. The molecule has 268 valence electrons. The van der Waals surface area contributed by atoms with Crippen molar-refractivity contribution in [2.24, 2.45) is 36.1 Å². The summed E-state index contributed by atoms with van der Waals surface area (Å²) >= 11 is 7.86. The van der Waals surface area contributed by atoms with E-state index in [1.807, 2.05) is 56.3 Å². The first-order chi connectivity index (χ1) is 25.4. The minimum atomic E-state index is -1.32. The number of carbonyl (C=O) groups excluding carboxylic acids is 5. The second kappa shape index (κ2) is 11.6. The molecular weight excluding hydrogens is 716 g/mol. The van der Waals surface area contributed by atoms with E-state index in [9.17, 15) is 24.3 Å². The van der Waals surface area contributed by atoms with Crippen LogP contribution in [0.1, 0.15) is 36.8 Å². The Hall–Kier alpha value is -5.33. The molecule has 13 heteroatoms. The van der Waals surface area contributed by atoms with E-state index in [1.165, 1.54) is 4.90 Å². The van der Waals surface area contributed by atoms with Gasteiger partial charge in [-0.3, -0.25) is 23.9 Å². The number of ether oxygens (including phenoxy) is 1. The number of amides is 5. The van der Waals surface area contributed by atoms with Gasteiger partial charge in [0.15, 0.2) is 0 Å². The number of aryl methyl sites for hydroxylation is 2. The maximum Gasteiger partial charge on any atom is 0.423 e. The van der Waals surface area contributed by atoms with Gasteiger partial charge in [0.2, 0.25) is 23.6 Å². The molecule has 1 saturated carbocycles. The minimum absolute atomic E-state index is 0.0676. The van der Waals surface area contributed by atoms with Crippen LogP contribution < -0.4 is 4.90 Å². The van der Waals surface area contributed by atoms with Crippen molar-refractivity contribution in [2.75, 3.05) is 12.0 Å². The van der Waals surface area contributed by atoms with Crippen LogP contribution in [0.2, 0.25) is 5.02 Å². The van der Waals surface area contributed by atoms with E-state index in [1.54, 1.807) is 47.3 Å². The van der Waals surface area contributed by atoms with Gasteiger partial charge in [0.1, 0.15) is 17.3 Å². The summed E-state index contributed by atoms with van der Waals surface area (Å²) in [6.45, 7) is 3.80. The van der Waals surface area contributed by atoms with Gasteiger partial charge in [0.25, 0.3) is 0 Å². The third kappa shape index (κ3) is 4.45. The maximum atomic E-state index is 15.2. The molecule has 5 amide bonds. The molecule has 2 aromatic heterocycles. The summed E-state index contributed by atoms with van der Waals surface area (Å²) in [5.41, 5.74) is 1.75. The number of hydrogen-bond acceptors (Lipinski definition) is 9. The highest BCUT2D eigenvalue weighted by molar-refractivity contribution is 7.22. The van der Waals surface area contributed by atoms with E-state index >= 15 is 4.79 Å². The largest absolute Gasteiger partial charge is 0.507 e. The topological polar surface area (TPSA) is 139 Å². The van der Waals surface area contributed by atoms with Crippen molar-refractivity contribution in [1.29, 1.82) is 0 Å². The van der Waals surface area contributed by atoms with Crippen molar-refractivity contribution >= 4 is 79.3 Å². The second-order valence-corrected chi connectivity index (χ2v) is 16.1. The predicted molar refractivity (Wildman–Crippen MR) is 198 cm³/mol. The lowest BCUT2D eigenvalue weighted by Gasteiger charge is -2.49. The molecule has 3 fully saturated rings. The zero-order chi connectivity index (χ0) is 37.2. The monoisotopic (exact) mass is 748 g/mol. The first kappa shape index (κ1) is 33.5. The molecule has 0 radical (unpaired) electrons. The number of carbonyl (C=O) groups is 5. The number of rotatable bonds is 3. The van der Waals surface area contributed by atoms with Gasteiger partial charge < -0.3 is 9.84 Å². The van der Waals surface area contributed by atoms with Gasteiger partial charge in [0, 0.05) is 34.1 Å². The highest BCUT2D eigenvalue weighted by Crippen LogP contribution is 2.64. The Morgan fingerprint density at radius 3 is 2.49 bits per heavy atom. The van der Waals surface area contributed by atoms with Gasteiger partial charge in [-0.05, 0) is 78.8 Å². The number of phenolic OH excluding ortho intramolecular Hbond substituents is 1. The van der Waals surface area contributed by atoms with Crippen molar-refractivity contribution in [1.82, 2.24) is 14.7 Å². The molecule has 0 bridgehead atoms. The number of methoxy groups -OCH3 is 1. The minimum Gasteiger partial charge on any atom is -0.507 e. The van der Waals surface area contributed by atoms with E-state index in [-0.39, 0.29) is 18.6 Å². The van der Waals surface area contributed by atoms with Gasteiger partial charge in [-0.15, -0.1) is 11.3 Å². The lowest BCUT2D eigenvalue weighted by atomic mass is 9.51. The van der Waals surface area contributed by atoms with Crippen molar-refractivity contribution in [3.63, 3.8) is 0 Å². The number of phenols is 1. The Morgan fingerprint density at radius 2 is 1.74 bits per heavy atom. The Labute approximate surface area is 312 Å². The molecule has 0 unspecified atom stereocenters. The molecule has 5 aromatic rings. The van der Waals surface area contributed by atoms with Crippen LogP contribution in [-0.2, 0) is 31.0 Å². The quantitative estimate of drug-likeness (QED) is 0.152. The molecule has 53 heavy (non-hydrogen) atoms. The third-order valence-corrected chi connectivity index (χ3v) is 13.6. The molecule has 2 aliphatic heterocycles. The van der Waals surface area contributed by atoms with Crippen LogP contribution in [0.5, 0.6) is 5.75 Å². The van der Waals surface area contributed by atoms with Crippen LogP contribution in [0.4, 0.5) is 10.6 Å². The SMILES string of the molecule is COC(=O)N1C(=O)[C@H]2[C@H](CC=C3[C@H]2C[C@H]2C(=O)N(c4cc(-c5sc6ccc(Cl)cc6c5C)nn4C)C(=O)[C@@]2(C)[C@H]3c2ccc(O)c3ccccc23)C1=O. The number of thiophene rings is 1. The number of allylic oxidation sites excluding steroid dienone is 2. The molecule has 2 aliphatic carbocycles. The standard InChI is InChI=1S/C40H33ClN4O7S/c1-18-25-15-19(41)9-14-30(25)53-34(18)28-17-31(43(3)42-28)44-36(48)27-16-26-23(10-11-24-32(26)37(49)45(35(24)47)39(51)52-4)33(40(27,2)38(44)50)22-12-13-29(46)21-8-6-5-7-20(21)22/h5-10,12-15,17,24,26-27,32-33,46H,11,16H2,1-4H3/t24-,26+,27-,32-,33-,40+/m0/s1. The number of anilines is 1. The molecule has 1 N–H and O–H groups in total. The van der Waals surface area contributed by atoms with Crippen LogP contribution in [0.3, 0.4) is 0 Å². The Bertz CT molecular complexity index is 2540. The van der Waals surface area contributed by atoms with E-state index in [2.05, 4.69) is 0 Å². The number of aromatic hydroxyl groups is 1. The van der Waals surface area contributed by atoms with E-state index < -0.39 is 64.7 Å². The summed E-state index contributed by atoms with van der Waals surface area (Å²) in [5, 5.41) is 18.6. The second-order valence-electron chi connectivity index (χ2n) is 14.6. The smallest absolute Gasteiger partial charge is 0.423 e. The van der Waals surface area contributed by atoms with Gasteiger partial charge in [-0.2, -0.15) is 10.00 Å². The average Bonchev–Trinajstić information content (AvgIpc) is 3.82. The maximum absolute atomic E-state index is 15.2. The van der Waals surface area contributed by atoms with Gasteiger partial charge >= 0.3 is 6.09 Å². The number of hydrogen-bond donors (Lipinski definition) is 1. The Kier molecular flexibility index (Phi) is 7.32. The molecule has 4 heterocycles. The number of nitrogens with zero attached hydrogens (tertiary/aromatic N) is 4. The fourth-order valence-electron chi connectivity index (χ4n) is 9.62. The number of halogens is 1. The van der Waals surface area contributed by atoms with E-state index in [0.29, 0.717) is 32.2 Å². The average molecular weight is 749 g/mol. The fraction of sp³-hybridized carbons (Fsp3) is 0.300. The van der Waals surface area contributed by atoms with Crippen LogP contribution in [0.15, 0.2) is 72.3 Å². The lowest BCUT2D eigenvalue weighted by Crippen LogP contribution is -2.49. The van der Waals surface area contributed by atoms with E-state index in [0.717, 1.165) is 38.8 Å². The summed E-state index contributed by atoms with van der Waals surface area (Å²) in [4.78, 5) is 72.9. The summed E-state index contributed by atoms with van der Waals surface area (Å²) < 4.78 is 7.38. The number of aromatic nitrogens is 2. The van der Waals surface area contributed by atoms with Crippen molar-refractivity contribution in [3.05, 3.63) is 88.5 Å². The molecule has 0 spiro atoms. The third-order valence-electron chi connectivity index (χ3n) is 12.1. The zero-order valence-corrected chi connectivity index (χ0v) is 30.7. The Balaban J connectivity index is 1.20. The van der Waals surface area contributed by atoms with Gasteiger partial charge in [-0.25, -0.2) is 9.69 Å². The first-order valence-corrected chi connectivity index (χ1v) is 18.5. The summed E-state index contributed by atoms with van der Waals surface area (Å²) in [5.74, 6) is -5.69. The van der Waals surface area contributed by atoms with Crippen LogP contribution >= 0.6 is 22.9 Å². The highest BCUT2D eigenvalue weighted by Gasteiger charge is 2.68. The Morgan fingerprint density at radius 1 is 0.981 bits per heavy atom. The van der Waals surface area contributed by atoms with Crippen molar-refractivity contribution in [3.8, 4) is 16.3 Å². The predicted octanol–water partition coefficient (Wildman–Crippen LogP) is 7.12. The molecule has 9 rings (SSSR count). The molecule has 6 atom stereocenters. The highest BCUT2D eigenvalue weighted by atomic mass is 35.5. The number of likely N-dealkylation sites (tertiary alicyclic amines) is 1. The molecule has 3 aromatic carbocycles. The van der Waals surface area contributed by atoms with Gasteiger partial charge in [-0.1, -0.05) is 53.6 Å². The molecule has 4 aliphatic rings. The molecule has 11 nitrogen and oxygen atoms in total. The molecule has 2 saturated heterocycles. The normalized spacial score (nSPS) is 26.7. The summed E-state index contributed by atoms with van der Waals surface area (Å²) in [6, 6.07) is 18.2. The van der Waals surface area contributed by atoms with E-state index in [4.69, 9.17) is 21.4 Å². The van der Waals surface area contributed by atoms with Crippen molar-refractivity contribution < 1.29 is 33.8 Å². The first-order valence-electron chi connectivity index (χ1n) is 17.3. The van der Waals surface area contributed by atoms with Crippen LogP contribution in [0, 0.1) is 36.0 Å². The zero-order valence-electron chi connectivity index (χ0n) is 29.1. The summed E-state index contributed by atoms with van der Waals surface area (Å²) in [7, 11) is 2.82. The summed E-state index contributed by atoms with van der Waals surface area (Å²) in [6.07, 6.45) is 1.18. The van der Waals surface area contributed by atoms with Crippen LogP contribution in [-0.4, -0.2) is 56.6 Å². The van der Waals surface area contributed by atoms with Crippen molar-refractivity contribution in [2.45, 2.75) is 32.6 Å². The fourth-order valence-corrected chi connectivity index (χ4v) is 10.9. The lowest BCUT2D eigenvalue weighted by molar-refractivity contribution is -0.138. The molecular formula is C40H33ClN4O7S.